The Balaban J connectivity index is 1.66. The van der Waals surface area contributed by atoms with E-state index in [2.05, 4.69) is 4.90 Å². The highest BCUT2D eigenvalue weighted by atomic mass is 32.2. The highest BCUT2D eigenvalue weighted by Gasteiger charge is 2.51. The minimum atomic E-state index is -3.51. The van der Waals surface area contributed by atoms with E-state index in [1.807, 2.05) is 13.0 Å². The van der Waals surface area contributed by atoms with Gasteiger partial charge in [-0.25, -0.2) is 12.8 Å². The third kappa shape index (κ3) is 2.81. The molecule has 6 heteroatoms. The van der Waals surface area contributed by atoms with Gasteiger partial charge in [0, 0.05) is 30.9 Å². The van der Waals surface area contributed by atoms with Crippen molar-refractivity contribution in [2.24, 2.45) is 5.92 Å². The Morgan fingerprint density at radius 1 is 1.08 bits per heavy atom. The van der Waals surface area contributed by atoms with E-state index in [0.717, 1.165) is 25.1 Å². The Hall–Kier alpha value is -1.92. The molecule has 2 aliphatic rings. The zero-order chi connectivity index (χ0) is 18.3. The lowest BCUT2D eigenvalue weighted by molar-refractivity contribution is 0.356. The molecule has 2 aromatic rings. The summed E-state index contributed by atoms with van der Waals surface area (Å²) in [6.07, 6.45) is 1.71. The van der Waals surface area contributed by atoms with Gasteiger partial charge in [-0.15, -0.1) is 0 Å². The van der Waals surface area contributed by atoms with Gasteiger partial charge in [0.15, 0.2) is 0 Å². The van der Waals surface area contributed by atoms with Crippen LogP contribution in [-0.4, -0.2) is 37.9 Å². The SMILES string of the molecule is CC[C@H]1[C@H]2[C@H](CCN2c2ccc(F)cc2)CN1S(=O)(=O)c1ccccc1. The predicted molar refractivity (Wildman–Crippen MR) is 100 cm³/mol. The van der Waals surface area contributed by atoms with Crippen molar-refractivity contribution in [2.45, 2.75) is 36.7 Å². The fraction of sp³-hybridized carbons (Fsp3) is 0.400. The second kappa shape index (κ2) is 6.67. The molecule has 0 amide bonds. The van der Waals surface area contributed by atoms with Gasteiger partial charge in [-0.1, -0.05) is 25.1 Å². The van der Waals surface area contributed by atoms with Crippen LogP contribution in [0.4, 0.5) is 10.1 Å². The van der Waals surface area contributed by atoms with E-state index < -0.39 is 10.0 Å². The predicted octanol–water partition coefficient (Wildman–Crippen LogP) is 3.50. The van der Waals surface area contributed by atoms with Crippen molar-refractivity contribution in [3.63, 3.8) is 0 Å². The van der Waals surface area contributed by atoms with Gasteiger partial charge in [-0.05, 0) is 55.2 Å². The fourth-order valence-corrected chi connectivity index (χ4v) is 6.31. The third-order valence-electron chi connectivity index (χ3n) is 5.69. The maximum Gasteiger partial charge on any atom is 0.243 e. The van der Waals surface area contributed by atoms with Crippen LogP contribution < -0.4 is 4.90 Å². The number of hydrogen-bond acceptors (Lipinski definition) is 3. The number of nitrogens with zero attached hydrogens (tertiary/aromatic N) is 2. The highest BCUT2D eigenvalue weighted by molar-refractivity contribution is 7.89. The van der Waals surface area contributed by atoms with Crippen molar-refractivity contribution < 1.29 is 12.8 Å². The number of sulfonamides is 1. The van der Waals surface area contributed by atoms with Gasteiger partial charge in [0.05, 0.1) is 4.90 Å². The molecule has 0 saturated carbocycles. The molecule has 2 heterocycles. The van der Waals surface area contributed by atoms with E-state index in [1.54, 1.807) is 40.7 Å². The van der Waals surface area contributed by atoms with E-state index in [-0.39, 0.29) is 17.9 Å². The first-order valence-corrected chi connectivity index (χ1v) is 10.6. The molecule has 3 atom stereocenters. The molecule has 138 valence electrons. The number of fused-ring (bicyclic) bond motifs is 1. The molecule has 2 aromatic carbocycles. The number of anilines is 1. The first-order chi connectivity index (χ1) is 12.5. The lowest BCUT2D eigenvalue weighted by Gasteiger charge is -2.33. The van der Waals surface area contributed by atoms with Gasteiger partial charge in [-0.2, -0.15) is 4.31 Å². The second-order valence-corrected chi connectivity index (χ2v) is 8.96. The summed E-state index contributed by atoms with van der Waals surface area (Å²) >= 11 is 0. The van der Waals surface area contributed by atoms with Gasteiger partial charge in [-0.3, -0.25) is 0 Å². The maximum atomic E-state index is 13.3. The van der Waals surface area contributed by atoms with Crippen LogP contribution in [0.15, 0.2) is 59.5 Å². The molecule has 4 nitrogen and oxygen atoms in total. The third-order valence-corrected chi connectivity index (χ3v) is 7.59. The van der Waals surface area contributed by atoms with E-state index in [4.69, 9.17) is 0 Å². The zero-order valence-electron chi connectivity index (χ0n) is 14.8. The Labute approximate surface area is 154 Å². The van der Waals surface area contributed by atoms with Crippen molar-refractivity contribution in [3.05, 3.63) is 60.4 Å². The molecule has 2 saturated heterocycles. The topological polar surface area (TPSA) is 40.6 Å². The maximum absolute atomic E-state index is 13.3. The highest BCUT2D eigenvalue weighted by Crippen LogP contribution is 2.42. The average molecular weight is 374 g/mol. The van der Waals surface area contributed by atoms with E-state index >= 15 is 0 Å². The summed E-state index contributed by atoms with van der Waals surface area (Å²) in [7, 11) is -3.51. The molecule has 4 rings (SSSR count). The quantitative estimate of drug-likeness (QED) is 0.822. The Morgan fingerprint density at radius 2 is 1.77 bits per heavy atom. The van der Waals surface area contributed by atoms with Gasteiger partial charge in [0.25, 0.3) is 0 Å². The lowest BCUT2D eigenvalue weighted by atomic mass is 9.98. The molecular weight excluding hydrogens is 351 g/mol. The number of hydrogen-bond donors (Lipinski definition) is 0. The number of rotatable bonds is 4. The molecule has 0 spiro atoms. The van der Waals surface area contributed by atoms with Crippen LogP contribution in [0.25, 0.3) is 0 Å². The molecule has 0 bridgehead atoms. The molecule has 0 aromatic heterocycles. The zero-order valence-corrected chi connectivity index (χ0v) is 15.6. The van der Waals surface area contributed by atoms with Gasteiger partial charge in [0.2, 0.25) is 10.0 Å². The largest absolute Gasteiger partial charge is 0.367 e. The summed E-state index contributed by atoms with van der Waals surface area (Å²) in [4.78, 5) is 2.62. The Kier molecular flexibility index (Phi) is 4.49. The molecule has 2 aliphatic heterocycles. The first kappa shape index (κ1) is 17.5. The van der Waals surface area contributed by atoms with Crippen molar-refractivity contribution in [2.75, 3.05) is 18.0 Å². The molecular formula is C20H23FN2O2S. The minimum absolute atomic E-state index is 0.0715. The van der Waals surface area contributed by atoms with Crippen LogP contribution >= 0.6 is 0 Å². The number of halogens is 1. The van der Waals surface area contributed by atoms with E-state index in [9.17, 15) is 12.8 Å². The summed E-state index contributed by atoms with van der Waals surface area (Å²) in [6, 6.07) is 15.3. The standard InChI is InChI=1S/C20H23FN2O2S/c1-2-19-20-15(12-13-22(20)17-10-8-16(21)9-11-17)14-23(19)26(24,25)18-6-4-3-5-7-18/h3-11,15,19-20H,2,12-14H2,1H3/t15-,19+,20-/m1/s1. The second-order valence-electron chi connectivity index (χ2n) is 7.07. The van der Waals surface area contributed by atoms with Crippen LogP contribution in [-0.2, 0) is 10.0 Å². The first-order valence-electron chi connectivity index (χ1n) is 9.11. The smallest absolute Gasteiger partial charge is 0.243 e. The molecule has 2 fully saturated rings. The van der Waals surface area contributed by atoms with Gasteiger partial charge >= 0.3 is 0 Å². The average Bonchev–Trinajstić information content (AvgIpc) is 3.22. The summed E-state index contributed by atoms with van der Waals surface area (Å²) in [5.41, 5.74) is 0.969. The molecule has 0 radical (unpaired) electrons. The van der Waals surface area contributed by atoms with E-state index in [1.165, 1.54) is 12.1 Å². The summed E-state index contributed by atoms with van der Waals surface area (Å²) in [6.45, 7) is 3.48. The van der Waals surface area contributed by atoms with Crippen LogP contribution in [0.3, 0.4) is 0 Å². The minimum Gasteiger partial charge on any atom is -0.367 e. The fourth-order valence-electron chi connectivity index (χ4n) is 4.52. The van der Waals surface area contributed by atoms with Crippen LogP contribution in [0.1, 0.15) is 19.8 Å². The summed E-state index contributed by atoms with van der Waals surface area (Å²) in [5.74, 6) is 0.0553. The van der Waals surface area contributed by atoms with Crippen molar-refractivity contribution >= 4 is 15.7 Å². The van der Waals surface area contributed by atoms with Crippen molar-refractivity contribution in [1.29, 1.82) is 0 Å². The van der Waals surface area contributed by atoms with Gasteiger partial charge in [0.1, 0.15) is 5.82 Å². The monoisotopic (exact) mass is 374 g/mol. The van der Waals surface area contributed by atoms with Crippen LogP contribution in [0, 0.1) is 11.7 Å². The van der Waals surface area contributed by atoms with Gasteiger partial charge < -0.3 is 4.90 Å². The van der Waals surface area contributed by atoms with E-state index in [0.29, 0.717) is 17.4 Å². The summed E-state index contributed by atoms with van der Waals surface area (Å²) in [5, 5.41) is 0. The molecule has 0 aliphatic carbocycles. The Morgan fingerprint density at radius 3 is 2.42 bits per heavy atom. The normalized spacial score (nSPS) is 26.2. The molecule has 0 N–H and O–H groups in total. The summed E-state index contributed by atoms with van der Waals surface area (Å²) < 4.78 is 41.3. The van der Waals surface area contributed by atoms with Crippen LogP contribution in [0.5, 0.6) is 0 Å². The molecule has 0 unspecified atom stereocenters. The number of benzene rings is 2. The Bertz CT molecular complexity index is 870. The van der Waals surface area contributed by atoms with Crippen molar-refractivity contribution in [1.82, 2.24) is 4.31 Å². The lowest BCUT2D eigenvalue weighted by Crippen LogP contribution is -2.45. The van der Waals surface area contributed by atoms with Crippen molar-refractivity contribution in [3.8, 4) is 0 Å². The molecule has 26 heavy (non-hydrogen) atoms. The van der Waals surface area contributed by atoms with Crippen LogP contribution in [0.2, 0.25) is 0 Å².